The van der Waals surface area contributed by atoms with E-state index in [0.717, 1.165) is 12.8 Å². The summed E-state index contributed by atoms with van der Waals surface area (Å²) in [5, 5.41) is 3.16. The van der Waals surface area contributed by atoms with Gasteiger partial charge < -0.3 is 19.5 Å². The van der Waals surface area contributed by atoms with Crippen molar-refractivity contribution < 1.29 is 19.0 Å². The van der Waals surface area contributed by atoms with Crippen LogP contribution in [0.5, 0.6) is 0 Å². The van der Waals surface area contributed by atoms with E-state index in [4.69, 9.17) is 14.2 Å². The molecule has 18 heavy (non-hydrogen) atoms. The minimum absolute atomic E-state index is 0.205. The lowest BCUT2D eigenvalue weighted by molar-refractivity contribution is -0.143. The maximum Gasteiger partial charge on any atom is 0.322 e. The van der Waals surface area contributed by atoms with Gasteiger partial charge in [-0.05, 0) is 18.8 Å². The van der Waals surface area contributed by atoms with E-state index >= 15 is 0 Å². The van der Waals surface area contributed by atoms with Crippen LogP contribution in [0.4, 0.5) is 0 Å². The fourth-order valence-electron chi connectivity index (χ4n) is 1.59. The van der Waals surface area contributed by atoms with Crippen LogP contribution in [-0.4, -0.2) is 52.6 Å². The second-order valence-electron chi connectivity index (χ2n) is 4.62. The summed E-state index contributed by atoms with van der Waals surface area (Å²) in [5.74, 6) is 0.243. The van der Waals surface area contributed by atoms with Gasteiger partial charge in [0, 0.05) is 26.9 Å². The molecule has 0 bridgehead atoms. The molecule has 0 aromatic heterocycles. The number of nitrogens with one attached hydrogen (secondary N) is 1. The molecule has 108 valence electrons. The van der Waals surface area contributed by atoms with Crippen molar-refractivity contribution in [3.8, 4) is 0 Å². The Labute approximate surface area is 110 Å². The molecule has 0 aliphatic rings. The highest BCUT2D eigenvalue weighted by molar-refractivity contribution is 5.75. The zero-order valence-corrected chi connectivity index (χ0v) is 12.0. The van der Waals surface area contributed by atoms with Crippen LogP contribution in [0, 0.1) is 5.92 Å². The molecule has 5 heteroatoms. The molecule has 0 aromatic rings. The Morgan fingerprint density at radius 1 is 1.17 bits per heavy atom. The fourth-order valence-corrected chi connectivity index (χ4v) is 1.59. The van der Waals surface area contributed by atoms with E-state index < -0.39 is 0 Å². The van der Waals surface area contributed by atoms with Crippen LogP contribution in [0.2, 0.25) is 0 Å². The molecule has 0 aliphatic heterocycles. The summed E-state index contributed by atoms with van der Waals surface area (Å²) in [7, 11) is 3.09. The van der Waals surface area contributed by atoms with Crippen LogP contribution in [-0.2, 0) is 19.0 Å². The summed E-state index contributed by atoms with van der Waals surface area (Å²) >= 11 is 0. The molecule has 1 unspecified atom stereocenters. The summed E-state index contributed by atoms with van der Waals surface area (Å²) in [4.78, 5) is 11.5. The molecular formula is C13H27NO4. The van der Waals surface area contributed by atoms with Crippen LogP contribution in [0.1, 0.15) is 26.7 Å². The van der Waals surface area contributed by atoms with E-state index in [2.05, 4.69) is 19.2 Å². The van der Waals surface area contributed by atoms with Gasteiger partial charge in [0.15, 0.2) is 0 Å². The molecule has 0 saturated carbocycles. The Bertz CT molecular complexity index is 209. The third-order valence-electron chi connectivity index (χ3n) is 2.47. The Hall–Kier alpha value is -0.650. The topological polar surface area (TPSA) is 56.8 Å². The van der Waals surface area contributed by atoms with Gasteiger partial charge in [-0.2, -0.15) is 0 Å². The molecule has 5 nitrogen and oxygen atoms in total. The summed E-state index contributed by atoms with van der Waals surface area (Å²) in [6.45, 7) is 6.81. The van der Waals surface area contributed by atoms with Crippen LogP contribution in [0.3, 0.4) is 0 Å². The molecular weight excluding hydrogens is 234 g/mol. The highest BCUT2D eigenvalue weighted by atomic mass is 16.5. The van der Waals surface area contributed by atoms with Gasteiger partial charge in [-0.15, -0.1) is 0 Å². The lowest BCUT2D eigenvalue weighted by atomic mass is 10.0. The van der Waals surface area contributed by atoms with Gasteiger partial charge >= 0.3 is 5.97 Å². The zero-order chi connectivity index (χ0) is 13.8. The number of carbonyl (C=O) groups excluding carboxylic acids is 1. The monoisotopic (exact) mass is 261 g/mol. The van der Waals surface area contributed by atoms with Crippen LogP contribution >= 0.6 is 0 Å². The van der Waals surface area contributed by atoms with Crippen LogP contribution in [0.25, 0.3) is 0 Å². The van der Waals surface area contributed by atoms with Crippen LogP contribution < -0.4 is 5.32 Å². The van der Waals surface area contributed by atoms with E-state index in [0.29, 0.717) is 32.3 Å². The van der Waals surface area contributed by atoms with Crippen molar-refractivity contribution in [2.75, 3.05) is 40.6 Å². The number of ether oxygens (including phenoxy) is 3. The molecule has 0 spiro atoms. The third kappa shape index (κ3) is 9.39. The maximum absolute atomic E-state index is 11.5. The zero-order valence-electron chi connectivity index (χ0n) is 12.0. The Balaban J connectivity index is 3.66. The van der Waals surface area contributed by atoms with Crippen molar-refractivity contribution in [1.29, 1.82) is 0 Å². The maximum atomic E-state index is 11.5. The first-order chi connectivity index (χ1) is 8.61. The van der Waals surface area contributed by atoms with E-state index in [1.165, 1.54) is 7.11 Å². The Morgan fingerprint density at radius 3 is 2.44 bits per heavy atom. The van der Waals surface area contributed by atoms with Gasteiger partial charge in [0.1, 0.15) is 6.04 Å². The van der Waals surface area contributed by atoms with E-state index in [9.17, 15) is 4.79 Å². The standard InChI is InChI=1S/C13H27NO4/c1-11(2)10-12(13(15)17-4)14-6-9-18-8-5-7-16-3/h11-12,14H,5-10H2,1-4H3. The molecule has 0 rings (SSSR count). The number of hydrogen-bond donors (Lipinski definition) is 1. The molecule has 0 fully saturated rings. The van der Waals surface area contributed by atoms with Gasteiger partial charge in [0.2, 0.25) is 0 Å². The predicted octanol–water partition coefficient (Wildman–Crippen LogP) is 1.22. The van der Waals surface area contributed by atoms with E-state index in [-0.39, 0.29) is 12.0 Å². The highest BCUT2D eigenvalue weighted by Crippen LogP contribution is 2.05. The van der Waals surface area contributed by atoms with Gasteiger partial charge in [-0.3, -0.25) is 4.79 Å². The molecule has 0 amide bonds. The largest absolute Gasteiger partial charge is 0.468 e. The molecule has 0 radical (unpaired) electrons. The number of hydrogen-bond acceptors (Lipinski definition) is 5. The number of methoxy groups -OCH3 is 2. The predicted molar refractivity (Wildman–Crippen MR) is 70.6 cm³/mol. The number of esters is 1. The molecule has 0 saturated heterocycles. The summed E-state index contributed by atoms with van der Waals surface area (Å²) in [6.07, 6.45) is 1.67. The van der Waals surface area contributed by atoms with Gasteiger partial charge in [-0.1, -0.05) is 13.8 Å². The van der Waals surface area contributed by atoms with Crippen molar-refractivity contribution in [2.45, 2.75) is 32.7 Å². The van der Waals surface area contributed by atoms with E-state index in [1.807, 2.05) is 0 Å². The minimum Gasteiger partial charge on any atom is -0.468 e. The quantitative estimate of drug-likeness (QED) is 0.447. The Morgan fingerprint density at radius 2 is 1.89 bits per heavy atom. The fraction of sp³-hybridized carbons (Fsp3) is 0.923. The average Bonchev–Trinajstić information content (AvgIpc) is 2.34. The average molecular weight is 261 g/mol. The summed E-state index contributed by atoms with van der Waals surface area (Å²) < 4.78 is 15.1. The molecule has 0 aliphatic carbocycles. The minimum atomic E-state index is -0.238. The summed E-state index contributed by atoms with van der Waals surface area (Å²) in [5.41, 5.74) is 0. The van der Waals surface area contributed by atoms with Crippen LogP contribution in [0.15, 0.2) is 0 Å². The number of rotatable bonds is 11. The molecule has 0 aromatic carbocycles. The lowest BCUT2D eigenvalue weighted by Crippen LogP contribution is -2.40. The summed E-state index contributed by atoms with van der Waals surface area (Å²) in [6, 6.07) is -0.238. The molecule has 0 heterocycles. The normalized spacial score (nSPS) is 12.7. The highest BCUT2D eigenvalue weighted by Gasteiger charge is 2.19. The smallest absolute Gasteiger partial charge is 0.322 e. The van der Waals surface area contributed by atoms with Crippen molar-refractivity contribution in [3.05, 3.63) is 0 Å². The second kappa shape index (κ2) is 11.4. The number of carbonyl (C=O) groups is 1. The van der Waals surface area contributed by atoms with Gasteiger partial charge in [0.05, 0.1) is 13.7 Å². The van der Waals surface area contributed by atoms with Crippen molar-refractivity contribution in [3.63, 3.8) is 0 Å². The molecule has 1 N–H and O–H groups in total. The Kier molecular flexibility index (Phi) is 11.0. The van der Waals surface area contributed by atoms with Gasteiger partial charge in [0.25, 0.3) is 0 Å². The first-order valence-corrected chi connectivity index (χ1v) is 6.49. The van der Waals surface area contributed by atoms with Crippen molar-refractivity contribution in [2.24, 2.45) is 5.92 Å². The van der Waals surface area contributed by atoms with Crippen molar-refractivity contribution in [1.82, 2.24) is 5.32 Å². The first-order valence-electron chi connectivity index (χ1n) is 6.49. The lowest BCUT2D eigenvalue weighted by Gasteiger charge is -2.18. The first kappa shape index (κ1) is 17.4. The second-order valence-corrected chi connectivity index (χ2v) is 4.62. The third-order valence-corrected chi connectivity index (χ3v) is 2.47. The van der Waals surface area contributed by atoms with E-state index in [1.54, 1.807) is 7.11 Å². The molecule has 1 atom stereocenters. The van der Waals surface area contributed by atoms with Crippen molar-refractivity contribution >= 4 is 5.97 Å². The SMILES string of the molecule is COCCCOCCNC(CC(C)C)C(=O)OC. The van der Waals surface area contributed by atoms with Gasteiger partial charge in [-0.25, -0.2) is 0 Å².